The maximum absolute atomic E-state index is 4.70. The van der Waals surface area contributed by atoms with Gasteiger partial charge in [0.15, 0.2) is 6.20 Å². The molecule has 0 spiro atoms. The predicted octanol–water partition coefficient (Wildman–Crippen LogP) is 4.80. The predicted molar refractivity (Wildman–Crippen MR) is 103 cm³/mol. The summed E-state index contributed by atoms with van der Waals surface area (Å²) >= 11 is 0. The van der Waals surface area contributed by atoms with Crippen molar-refractivity contribution >= 4 is 0 Å². The van der Waals surface area contributed by atoms with Crippen molar-refractivity contribution in [3.63, 3.8) is 0 Å². The molecule has 0 bridgehead atoms. The van der Waals surface area contributed by atoms with Gasteiger partial charge in [-0.05, 0) is 54.7 Å². The Kier molecular flexibility index (Phi) is 3.37. The maximum Gasteiger partial charge on any atom is 0.233 e. The van der Waals surface area contributed by atoms with Gasteiger partial charge in [0.05, 0.1) is 5.56 Å². The molecule has 2 nitrogen and oxygen atoms in total. The molecule has 0 fully saturated rings. The molecule has 1 aromatic heterocycles. The largest absolute Gasteiger partial charge is 0.245 e. The molecule has 0 radical (unpaired) electrons. The standard InChI is InChI=1S/C23H25N2/c1-14-11-19-17-9-7-8-10-20(17)23(4,5)21(19)12-18(14)22-16(3)24-15(2)13-25(22)6/h7-13H,1-6H3/q+1. The van der Waals surface area contributed by atoms with Gasteiger partial charge in [0.1, 0.15) is 18.4 Å². The molecule has 0 unspecified atom stereocenters. The lowest BCUT2D eigenvalue weighted by Gasteiger charge is -2.22. The number of aryl methyl sites for hydroxylation is 4. The van der Waals surface area contributed by atoms with Crippen LogP contribution in [-0.2, 0) is 12.5 Å². The molecule has 4 rings (SSSR count). The second-order valence-electron chi connectivity index (χ2n) is 7.81. The summed E-state index contributed by atoms with van der Waals surface area (Å²) < 4.78 is 2.21. The van der Waals surface area contributed by atoms with Crippen LogP contribution in [-0.4, -0.2) is 4.98 Å². The number of hydrogen-bond acceptors (Lipinski definition) is 1. The summed E-state index contributed by atoms with van der Waals surface area (Å²) in [5.41, 5.74) is 11.5. The molecule has 0 saturated carbocycles. The number of hydrogen-bond donors (Lipinski definition) is 0. The lowest BCUT2D eigenvalue weighted by atomic mass is 9.81. The van der Waals surface area contributed by atoms with E-state index in [0.29, 0.717) is 0 Å². The average molecular weight is 329 g/mol. The Morgan fingerprint density at radius 2 is 1.60 bits per heavy atom. The third kappa shape index (κ3) is 2.24. The van der Waals surface area contributed by atoms with E-state index in [1.54, 1.807) is 0 Å². The highest BCUT2D eigenvalue weighted by atomic mass is 15.0. The van der Waals surface area contributed by atoms with Crippen molar-refractivity contribution < 1.29 is 4.57 Å². The average Bonchev–Trinajstić information content (AvgIpc) is 2.75. The Balaban J connectivity index is 2.01. The van der Waals surface area contributed by atoms with Gasteiger partial charge >= 0.3 is 0 Å². The van der Waals surface area contributed by atoms with Gasteiger partial charge in [-0.15, -0.1) is 0 Å². The zero-order valence-electron chi connectivity index (χ0n) is 15.9. The van der Waals surface area contributed by atoms with Crippen molar-refractivity contribution in [2.45, 2.75) is 40.0 Å². The molecule has 1 aliphatic rings. The summed E-state index contributed by atoms with van der Waals surface area (Å²) in [4.78, 5) is 4.70. The SMILES string of the molecule is Cc1c[n+](C)c(-c2cc3c(cc2C)-c2ccccc2C3(C)C)c(C)n1. The molecular formula is C23H25N2+. The van der Waals surface area contributed by atoms with Crippen molar-refractivity contribution in [3.05, 3.63) is 70.7 Å². The fourth-order valence-electron chi connectivity index (χ4n) is 4.44. The van der Waals surface area contributed by atoms with Gasteiger partial charge in [0.2, 0.25) is 5.69 Å². The van der Waals surface area contributed by atoms with Gasteiger partial charge in [-0.2, -0.15) is 4.57 Å². The Hall–Kier alpha value is -2.48. The molecule has 0 aliphatic heterocycles. The van der Waals surface area contributed by atoms with Gasteiger partial charge in [-0.3, -0.25) is 0 Å². The van der Waals surface area contributed by atoms with E-state index in [2.05, 4.69) is 81.9 Å². The van der Waals surface area contributed by atoms with E-state index in [4.69, 9.17) is 4.98 Å². The van der Waals surface area contributed by atoms with E-state index in [1.165, 1.54) is 39.1 Å². The van der Waals surface area contributed by atoms with Gasteiger partial charge in [0.25, 0.3) is 0 Å². The van der Waals surface area contributed by atoms with Crippen LogP contribution in [0.3, 0.4) is 0 Å². The second kappa shape index (κ2) is 5.26. The Morgan fingerprint density at radius 3 is 2.32 bits per heavy atom. The monoisotopic (exact) mass is 329 g/mol. The quantitative estimate of drug-likeness (QED) is 0.586. The molecule has 2 aromatic carbocycles. The normalized spacial score (nSPS) is 14.3. The fourth-order valence-corrected chi connectivity index (χ4v) is 4.44. The van der Waals surface area contributed by atoms with Crippen LogP contribution in [0.15, 0.2) is 42.6 Å². The molecule has 0 N–H and O–H groups in total. The van der Waals surface area contributed by atoms with Crippen LogP contribution in [0, 0.1) is 20.8 Å². The van der Waals surface area contributed by atoms with Crippen LogP contribution < -0.4 is 4.57 Å². The summed E-state index contributed by atoms with van der Waals surface area (Å²) in [5, 5.41) is 0. The number of nitrogens with zero attached hydrogens (tertiary/aromatic N) is 2. The Morgan fingerprint density at radius 1 is 0.880 bits per heavy atom. The van der Waals surface area contributed by atoms with Gasteiger partial charge < -0.3 is 0 Å². The van der Waals surface area contributed by atoms with Crippen LogP contribution in [0.1, 0.15) is 41.9 Å². The van der Waals surface area contributed by atoms with E-state index in [-0.39, 0.29) is 5.41 Å². The molecule has 2 heteroatoms. The van der Waals surface area contributed by atoms with Crippen LogP contribution in [0.5, 0.6) is 0 Å². The van der Waals surface area contributed by atoms with E-state index < -0.39 is 0 Å². The van der Waals surface area contributed by atoms with Crippen LogP contribution in [0.2, 0.25) is 0 Å². The van der Waals surface area contributed by atoms with Crippen molar-refractivity contribution in [1.29, 1.82) is 0 Å². The first-order chi connectivity index (χ1) is 11.8. The minimum Gasteiger partial charge on any atom is -0.245 e. The first-order valence-electron chi connectivity index (χ1n) is 8.90. The van der Waals surface area contributed by atoms with Crippen LogP contribution in [0.4, 0.5) is 0 Å². The van der Waals surface area contributed by atoms with Crippen molar-refractivity contribution in [2.24, 2.45) is 7.05 Å². The van der Waals surface area contributed by atoms with Crippen molar-refractivity contribution in [2.75, 3.05) is 0 Å². The van der Waals surface area contributed by atoms with Gasteiger partial charge in [-0.1, -0.05) is 44.2 Å². The lowest BCUT2D eigenvalue weighted by molar-refractivity contribution is -0.661. The van der Waals surface area contributed by atoms with E-state index in [0.717, 1.165) is 11.4 Å². The maximum atomic E-state index is 4.70. The summed E-state index contributed by atoms with van der Waals surface area (Å²) in [6.45, 7) is 11.0. The third-order valence-corrected chi connectivity index (χ3v) is 5.60. The molecule has 25 heavy (non-hydrogen) atoms. The van der Waals surface area contributed by atoms with Crippen LogP contribution >= 0.6 is 0 Å². The Bertz CT molecular complexity index is 990. The molecule has 3 aromatic rings. The molecule has 0 amide bonds. The Labute approximate surface area is 150 Å². The zero-order chi connectivity index (χ0) is 17.9. The number of benzene rings is 2. The highest BCUT2D eigenvalue weighted by Crippen LogP contribution is 2.50. The number of aromatic nitrogens is 2. The van der Waals surface area contributed by atoms with Crippen molar-refractivity contribution in [3.8, 4) is 22.4 Å². The highest BCUT2D eigenvalue weighted by molar-refractivity contribution is 5.84. The fraction of sp³-hybridized carbons (Fsp3) is 0.304. The summed E-state index contributed by atoms with van der Waals surface area (Å²) in [5.74, 6) is 0. The summed E-state index contributed by atoms with van der Waals surface area (Å²) in [6, 6.07) is 13.6. The molecule has 1 aliphatic carbocycles. The third-order valence-electron chi connectivity index (χ3n) is 5.60. The van der Waals surface area contributed by atoms with E-state index >= 15 is 0 Å². The smallest absolute Gasteiger partial charge is 0.233 e. The molecule has 1 heterocycles. The van der Waals surface area contributed by atoms with Crippen molar-refractivity contribution in [1.82, 2.24) is 4.98 Å². The first kappa shape index (κ1) is 16.0. The zero-order valence-corrected chi connectivity index (χ0v) is 15.9. The number of fused-ring (bicyclic) bond motifs is 3. The summed E-state index contributed by atoms with van der Waals surface area (Å²) in [7, 11) is 2.11. The van der Waals surface area contributed by atoms with Gasteiger partial charge in [0, 0.05) is 5.41 Å². The van der Waals surface area contributed by atoms with Crippen LogP contribution in [0.25, 0.3) is 22.4 Å². The first-order valence-corrected chi connectivity index (χ1v) is 8.90. The minimum atomic E-state index is 0.0268. The highest BCUT2D eigenvalue weighted by Gasteiger charge is 2.36. The molecule has 126 valence electrons. The molecule has 0 saturated heterocycles. The minimum absolute atomic E-state index is 0.0268. The topological polar surface area (TPSA) is 16.8 Å². The summed E-state index contributed by atoms with van der Waals surface area (Å²) in [6.07, 6.45) is 2.11. The van der Waals surface area contributed by atoms with E-state index in [1.807, 2.05) is 6.92 Å². The lowest BCUT2D eigenvalue weighted by Crippen LogP contribution is -2.33. The molecule has 0 atom stereocenters. The van der Waals surface area contributed by atoms with Gasteiger partial charge in [-0.25, -0.2) is 4.98 Å². The number of rotatable bonds is 1. The second-order valence-corrected chi connectivity index (χ2v) is 7.81. The van der Waals surface area contributed by atoms with E-state index in [9.17, 15) is 0 Å². The molecular weight excluding hydrogens is 304 g/mol.